The normalized spacial score (nSPS) is 15.7. The van der Waals surface area contributed by atoms with E-state index in [9.17, 15) is 9.59 Å². The summed E-state index contributed by atoms with van der Waals surface area (Å²) in [4.78, 5) is 24.8. The van der Waals surface area contributed by atoms with Crippen molar-refractivity contribution in [3.63, 3.8) is 0 Å². The summed E-state index contributed by atoms with van der Waals surface area (Å²) in [6.45, 7) is 1.39. The summed E-state index contributed by atoms with van der Waals surface area (Å²) < 4.78 is 5.53. The molecule has 154 valence electrons. The zero-order valence-corrected chi connectivity index (χ0v) is 16.7. The molecule has 0 saturated carbocycles. The van der Waals surface area contributed by atoms with Crippen LogP contribution in [0.25, 0.3) is 10.8 Å². The predicted molar refractivity (Wildman–Crippen MR) is 119 cm³/mol. The minimum Gasteiger partial charge on any atom is -0.376 e. The molecule has 1 heterocycles. The van der Waals surface area contributed by atoms with E-state index in [0.29, 0.717) is 17.8 Å². The van der Waals surface area contributed by atoms with Gasteiger partial charge >= 0.3 is 0 Å². The zero-order valence-electron chi connectivity index (χ0n) is 16.7. The first-order valence-corrected chi connectivity index (χ1v) is 10.2. The standard InChI is InChI=1S/C24H25N3O3/c28-23(16-25-22-12-4-7-17-6-1-2-11-21(17)22)27-19-9-3-8-18(14-19)24(29)26-15-20-10-5-13-30-20/h1-4,6-9,11-12,14,20,25H,5,10,13,15-16H2,(H,26,29)(H,27,28). The fraction of sp³-hybridized carbons (Fsp3) is 0.250. The van der Waals surface area contributed by atoms with Crippen molar-refractivity contribution in [3.05, 3.63) is 72.3 Å². The lowest BCUT2D eigenvalue weighted by Gasteiger charge is -2.12. The Hall–Kier alpha value is -3.38. The Kier molecular flexibility index (Phi) is 6.25. The van der Waals surface area contributed by atoms with E-state index in [2.05, 4.69) is 16.0 Å². The molecule has 1 aliphatic heterocycles. The van der Waals surface area contributed by atoms with Crippen molar-refractivity contribution in [2.45, 2.75) is 18.9 Å². The van der Waals surface area contributed by atoms with Crippen LogP contribution in [0.3, 0.4) is 0 Å². The summed E-state index contributed by atoms with van der Waals surface area (Å²) in [6, 6.07) is 20.9. The van der Waals surface area contributed by atoms with Gasteiger partial charge in [0, 0.05) is 35.5 Å². The van der Waals surface area contributed by atoms with Crippen molar-refractivity contribution >= 4 is 34.0 Å². The average Bonchev–Trinajstić information content (AvgIpc) is 3.30. The van der Waals surface area contributed by atoms with Crippen molar-refractivity contribution in [1.82, 2.24) is 5.32 Å². The molecule has 1 unspecified atom stereocenters. The largest absolute Gasteiger partial charge is 0.376 e. The van der Waals surface area contributed by atoms with Crippen molar-refractivity contribution in [2.75, 3.05) is 30.3 Å². The molecule has 0 radical (unpaired) electrons. The molecule has 6 nitrogen and oxygen atoms in total. The summed E-state index contributed by atoms with van der Waals surface area (Å²) in [5.74, 6) is -0.352. The van der Waals surface area contributed by atoms with Gasteiger partial charge in [-0.1, -0.05) is 42.5 Å². The molecule has 1 saturated heterocycles. The van der Waals surface area contributed by atoms with Gasteiger partial charge in [0.1, 0.15) is 0 Å². The van der Waals surface area contributed by atoms with E-state index in [-0.39, 0.29) is 24.5 Å². The number of hydrogen-bond donors (Lipinski definition) is 3. The van der Waals surface area contributed by atoms with Crippen LogP contribution in [0.1, 0.15) is 23.2 Å². The quantitative estimate of drug-likeness (QED) is 0.561. The minimum absolute atomic E-state index is 0.0944. The number of carbonyl (C=O) groups is 2. The van der Waals surface area contributed by atoms with Crippen LogP contribution in [0.2, 0.25) is 0 Å². The first kappa shape index (κ1) is 19.9. The molecule has 3 N–H and O–H groups in total. The smallest absolute Gasteiger partial charge is 0.251 e. The first-order valence-electron chi connectivity index (χ1n) is 10.2. The van der Waals surface area contributed by atoms with E-state index < -0.39 is 0 Å². The van der Waals surface area contributed by atoms with Gasteiger partial charge in [-0.3, -0.25) is 9.59 Å². The van der Waals surface area contributed by atoms with Crippen molar-refractivity contribution in [1.29, 1.82) is 0 Å². The molecular formula is C24H25N3O3. The predicted octanol–water partition coefficient (Wildman–Crippen LogP) is 3.80. The summed E-state index contributed by atoms with van der Waals surface area (Å²) in [6.07, 6.45) is 2.10. The lowest BCUT2D eigenvalue weighted by molar-refractivity contribution is -0.114. The SMILES string of the molecule is O=C(CNc1cccc2ccccc12)Nc1cccc(C(=O)NCC2CCCO2)c1. The number of fused-ring (bicyclic) bond motifs is 1. The van der Waals surface area contributed by atoms with Crippen LogP contribution in [-0.4, -0.2) is 37.6 Å². The van der Waals surface area contributed by atoms with E-state index in [1.165, 1.54) is 0 Å². The number of rotatable bonds is 7. The van der Waals surface area contributed by atoms with Crippen molar-refractivity contribution in [3.8, 4) is 0 Å². The monoisotopic (exact) mass is 403 g/mol. The first-order chi connectivity index (χ1) is 14.7. The van der Waals surface area contributed by atoms with Crippen molar-refractivity contribution in [2.24, 2.45) is 0 Å². The van der Waals surface area contributed by atoms with Crippen LogP contribution in [0.4, 0.5) is 11.4 Å². The highest BCUT2D eigenvalue weighted by atomic mass is 16.5. The minimum atomic E-state index is -0.181. The second-order valence-electron chi connectivity index (χ2n) is 7.35. The maximum Gasteiger partial charge on any atom is 0.251 e. The van der Waals surface area contributed by atoms with Gasteiger partial charge in [-0.05, 0) is 42.5 Å². The van der Waals surface area contributed by atoms with Gasteiger partial charge in [0.25, 0.3) is 5.91 Å². The van der Waals surface area contributed by atoms with Crippen LogP contribution in [0, 0.1) is 0 Å². The molecule has 0 aliphatic carbocycles. The number of amides is 2. The van der Waals surface area contributed by atoms with Gasteiger partial charge in [0.2, 0.25) is 5.91 Å². The Bertz CT molecular complexity index is 1040. The van der Waals surface area contributed by atoms with E-state index >= 15 is 0 Å². The molecular weight excluding hydrogens is 378 g/mol. The Morgan fingerprint density at radius 2 is 1.83 bits per heavy atom. The van der Waals surface area contributed by atoms with E-state index in [4.69, 9.17) is 4.74 Å². The maximum atomic E-state index is 12.4. The zero-order chi connectivity index (χ0) is 20.8. The number of hydrogen-bond acceptors (Lipinski definition) is 4. The number of ether oxygens (including phenoxy) is 1. The van der Waals surface area contributed by atoms with Crippen LogP contribution < -0.4 is 16.0 Å². The Labute approximate surface area is 175 Å². The molecule has 3 aromatic rings. The molecule has 30 heavy (non-hydrogen) atoms. The van der Waals surface area contributed by atoms with Gasteiger partial charge in [-0.25, -0.2) is 0 Å². The second kappa shape index (κ2) is 9.41. The molecule has 1 fully saturated rings. The van der Waals surface area contributed by atoms with Gasteiger partial charge in [-0.2, -0.15) is 0 Å². The van der Waals surface area contributed by atoms with Gasteiger partial charge in [0.05, 0.1) is 12.6 Å². The van der Waals surface area contributed by atoms with E-state index in [1.807, 2.05) is 42.5 Å². The lowest BCUT2D eigenvalue weighted by atomic mass is 10.1. The van der Waals surface area contributed by atoms with E-state index in [1.54, 1.807) is 24.3 Å². The number of benzene rings is 3. The summed E-state index contributed by atoms with van der Waals surface area (Å²) in [5.41, 5.74) is 2.00. The average molecular weight is 403 g/mol. The van der Waals surface area contributed by atoms with Crippen LogP contribution >= 0.6 is 0 Å². The second-order valence-corrected chi connectivity index (χ2v) is 7.35. The highest BCUT2D eigenvalue weighted by Crippen LogP contribution is 2.22. The van der Waals surface area contributed by atoms with Gasteiger partial charge < -0.3 is 20.7 Å². The molecule has 6 heteroatoms. The molecule has 2 amide bonds. The van der Waals surface area contributed by atoms with Gasteiger partial charge in [0.15, 0.2) is 0 Å². The molecule has 3 aromatic carbocycles. The van der Waals surface area contributed by atoms with Gasteiger partial charge in [-0.15, -0.1) is 0 Å². The molecule has 1 aliphatic rings. The van der Waals surface area contributed by atoms with E-state index in [0.717, 1.165) is 35.9 Å². The maximum absolute atomic E-state index is 12.4. The van der Waals surface area contributed by atoms with Crippen LogP contribution in [0.5, 0.6) is 0 Å². The number of carbonyl (C=O) groups excluding carboxylic acids is 2. The topological polar surface area (TPSA) is 79.5 Å². The highest BCUT2D eigenvalue weighted by Gasteiger charge is 2.17. The fourth-order valence-electron chi connectivity index (χ4n) is 3.61. The third-order valence-electron chi connectivity index (χ3n) is 5.15. The third kappa shape index (κ3) is 4.96. The van der Waals surface area contributed by atoms with Crippen LogP contribution in [0.15, 0.2) is 66.7 Å². The molecule has 4 rings (SSSR count). The molecule has 1 atom stereocenters. The Morgan fingerprint density at radius 1 is 1.00 bits per heavy atom. The third-order valence-corrected chi connectivity index (χ3v) is 5.15. The fourth-order valence-corrected chi connectivity index (χ4v) is 3.61. The summed E-state index contributed by atoms with van der Waals surface area (Å²) in [7, 11) is 0. The Balaban J connectivity index is 1.33. The van der Waals surface area contributed by atoms with Crippen molar-refractivity contribution < 1.29 is 14.3 Å². The highest BCUT2D eigenvalue weighted by molar-refractivity contribution is 5.99. The molecule has 0 bridgehead atoms. The number of nitrogens with one attached hydrogen (secondary N) is 3. The van der Waals surface area contributed by atoms with Crippen LogP contribution in [-0.2, 0) is 9.53 Å². The summed E-state index contributed by atoms with van der Waals surface area (Å²) >= 11 is 0. The number of anilines is 2. The molecule has 0 spiro atoms. The Morgan fingerprint density at radius 3 is 2.70 bits per heavy atom. The lowest BCUT2D eigenvalue weighted by Crippen LogP contribution is -2.31. The molecule has 0 aromatic heterocycles. The summed E-state index contributed by atoms with van der Waals surface area (Å²) in [5, 5.41) is 11.1.